The Hall–Kier alpha value is -3.21. The summed E-state index contributed by atoms with van der Waals surface area (Å²) < 4.78 is 0. The molecular weight excluding hydrogens is 336 g/mol. The van der Waals surface area contributed by atoms with Gasteiger partial charge in [0.25, 0.3) is 0 Å². The van der Waals surface area contributed by atoms with Gasteiger partial charge >= 0.3 is 0 Å². The first-order valence-electron chi connectivity index (χ1n) is 9.07. The number of ketones is 1. The first-order chi connectivity index (χ1) is 13.0. The van der Waals surface area contributed by atoms with Crippen LogP contribution >= 0.6 is 0 Å². The number of Topliss-reactive ketones (excluding diaryl/α,β-unsaturated/α-hetero) is 1. The van der Waals surface area contributed by atoms with Gasteiger partial charge in [-0.1, -0.05) is 30.3 Å². The highest BCUT2D eigenvalue weighted by molar-refractivity contribution is 5.94. The van der Waals surface area contributed by atoms with Gasteiger partial charge in [-0.3, -0.25) is 4.79 Å². The van der Waals surface area contributed by atoms with Gasteiger partial charge in [-0.15, -0.1) is 0 Å². The van der Waals surface area contributed by atoms with Crippen LogP contribution in [0.25, 0.3) is 0 Å². The summed E-state index contributed by atoms with van der Waals surface area (Å²) in [6.45, 7) is 7.21. The highest BCUT2D eigenvalue weighted by atomic mass is 16.1. The third kappa shape index (κ3) is 4.91. The standard InChI is InChI=1S/C22H24N4O/c1-4-26(15-18-8-6-5-7-9-18)22-14-21(23-17(3)24-22)25-20-12-10-19(11-13-20)16(2)27/h5-14H,4,15H2,1-3H3,(H,23,24,25). The van der Waals surface area contributed by atoms with Crippen LogP contribution in [0.4, 0.5) is 17.3 Å². The monoisotopic (exact) mass is 360 g/mol. The molecule has 3 rings (SSSR count). The van der Waals surface area contributed by atoms with Crippen LogP contribution in [0.3, 0.4) is 0 Å². The van der Waals surface area contributed by atoms with Crippen LogP contribution in [0.1, 0.15) is 35.6 Å². The average molecular weight is 360 g/mol. The fourth-order valence-electron chi connectivity index (χ4n) is 2.87. The van der Waals surface area contributed by atoms with E-state index >= 15 is 0 Å². The van der Waals surface area contributed by atoms with E-state index in [9.17, 15) is 4.79 Å². The van der Waals surface area contributed by atoms with E-state index in [0.29, 0.717) is 11.4 Å². The first kappa shape index (κ1) is 18.6. The predicted octanol–water partition coefficient (Wildman–Crippen LogP) is 4.76. The van der Waals surface area contributed by atoms with Crippen LogP contribution in [0, 0.1) is 6.92 Å². The quantitative estimate of drug-likeness (QED) is 0.616. The molecule has 2 aromatic carbocycles. The van der Waals surface area contributed by atoms with E-state index in [1.54, 1.807) is 6.92 Å². The number of aryl methyl sites for hydroxylation is 1. The molecule has 1 aromatic heterocycles. The Kier molecular flexibility index (Phi) is 5.81. The van der Waals surface area contributed by atoms with Crippen molar-refractivity contribution >= 4 is 23.1 Å². The van der Waals surface area contributed by atoms with Crippen molar-refractivity contribution in [3.8, 4) is 0 Å². The molecule has 27 heavy (non-hydrogen) atoms. The summed E-state index contributed by atoms with van der Waals surface area (Å²) in [6, 6.07) is 19.7. The molecule has 0 aliphatic rings. The van der Waals surface area contributed by atoms with Gasteiger partial charge < -0.3 is 10.2 Å². The molecule has 3 aromatic rings. The Morgan fingerprint density at radius 2 is 1.74 bits per heavy atom. The molecule has 0 unspecified atom stereocenters. The maximum Gasteiger partial charge on any atom is 0.159 e. The van der Waals surface area contributed by atoms with E-state index in [-0.39, 0.29) is 5.78 Å². The van der Waals surface area contributed by atoms with Crippen molar-refractivity contribution in [2.75, 3.05) is 16.8 Å². The van der Waals surface area contributed by atoms with E-state index in [4.69, 9.17) is 0 Å². The number of aromatic nitrogens is 2. The Morgan fingerprint density at radius 3 is 2.37 bits per heavy atom. The molecular formula is C22H24N4O. The summed E-state index contributed by atoms with van der Waals surface area (Å²) in [7, 11) is 0. The number of rotatable bonds is 7. The van der Waals surface area contributed by atoms with Gasteiger partial charge in [0.2, 0.25) is 0 Å². The van der Waals surface area contributed by atoms with Gasteiger partial charge in [0.05, 0.1) is 0 Å². The van der Waals surface area contributed by atoms with Gasteiger partial charge in [-0.25, -0.2) is 9.97 Å². The van der Waals surface area contributed by atoms with E-state index in [1.807, 2.05) is 55.5 Å². The zero-order chi connectivity index (χ0) is 19.2. The van der Waals surface area contributed by atoms with Gasteiger partial charge in [0.15, 0.2) is 5.78 Å². The summed E-state index contributed by atoms with van der Waals surface area (Å²) in [5.41, 5.74) is 2.82. The number of nitrogens with zero attached hydrogens (tertiary/aromatic N) is 3. The molecule has 0 fully saturated rings. The summed E-state index contributed by atoms with van der Waals surface area (Å²) in [6.07, 6.45) is 0. The highest BCUT2D eigenvalue weighted by Gasteiger charge is 2.10. The van der Waals surface area contributed by atoms with Crippen molar-refractivity contribution in [1.82, 2.24) is 9.97 Å². The molecule has 0 saturated heterocycles. The molecule has 5 heteroatoms. The molecule has 0 aliphatic heterocycles. The molecule has 0 radical (unpaired) electrons. The number of carbonyl (C=O) groups excluding carboxylic acids is 1. The van der Waals surface area contributed by atoms with Crippen LogP contribution in [-0.2, 0) is 6.54 Å². The molecule has 1 heterocycles. The Labute approximate surface area is 160 Å². The smallest absolute Gasteiger partial charge is 0.159 e. The van der Waals surface area contributed by atoms with Crippen LogP contribution in [-0.4, -0.2) is 22.3 Å². The minimum absolute atomic E-state index is 0.0567. The summed E-state index contributed by atoms with van der Waals surface area (Å²) in [5.74, 6) is 2.39. The van der Waals surface area contributed by atoms with Crippen molar-refractivity contribution in [2.24, 2.45) is 0 Å². The van der Waals surface area contributed by atoms with Crippen molar-refractivity contribution in [3.63, 3.8) is 0 Å². The first-order valence-corrected chi connectivity index (χ1v) is 9.07. The van der Waals surface area contributed by atoms with Crippen molar-refractivity contribution in [3.05, 3.63) is 77.6 Å². The Morgan fingerprint density at radius 1 is 1.04 bits per heavy atom. The summed E-state index contributed by atoms with van der Waals surface area (Å²) in [5, 5.41) is 3.31. The van der Waals surface area contributed by atoms with Crippen molar-refractivity contribution < 1.29 is 4.79 Å². The summed E-state index contributed by atoms with van der Waals surface area (Å²) in [4.78, 5) is 22.7. The van der Waals surface area contributed by atoms with E-state index in [0.717, 1.165) is 30.4 Å². The molecule has 1 N–H and O–H groups in total. The number of hydrogen-bond acceptors (Lipinski definition) is 5. The second kappa shape index (κ2) is 8.45. The number of nitrogens with one attached hydrogen (secondary N) is 1. The SMILES string of the molecule is CCN(Cc1ccccc1)c1cc(Nc2ccc(C(C)=O)cc2)nc(C)n1. The summed E-state index contributed by atoms with van der Waals surface area (Å²) >= 11 is 0. The van der Waals surface area contributed by atoms with Crippen molar-refractivity contribution in [2.45, 2.75) is 27.3 Å². The minimum Gasteiger partial charge on any atom is -0.352 e. The number of anilines is 3. The largest absolute Gasteiger partial charge is 0.352 e. The van der Waals surface area contributed by atoms with Crippen LogP contribution < -0.4 is 10.2 Å². The zero-order valence-electron chi connectivity index (χ0n) is 15.9. The fourth-order valence-corrected chi connectivity index (χ4v) is 2.87. The lowest BCUT2D eigenvalue weighted by molar-refractivity contribution is 0.101. The average Bonchev–Trinajstić information content (AvgIpc) is 2.67. The topological polar surface area (TPSA) is 58.1 Å². The molecule has 0 atom stereocenters. The van der Waals surface area contributed by atoms with Crippen LogP contribution in [0.2, 0.25) is 0 Å². The third-order valence-electron chi connectivity index (χ3n) is 4.31. The van der Waals surface area contributed by atoms with Gasteiger partial charge in [-0.2, -0.15) is 0 Å². The highest BCUT2D eigenvalue weighted by Crippen LogP contribution is 2.21. The molecule has 0 amide bonds. The second-order valence-corrected chi connectivity index (χ2v) is 6.42. The van der Waals surface area contributed by atoms with Crippen molar-refractivity contribution in [1.29, 1.82) is 0 Å². The van der Waals surface area contributed by atoms with E-state index < -0.39 is 0 Å². The molecule has 138 valence electrons. The third-order valence-corrected chi connectivity index (χ3v) is 4.31. The van der Waals surface area contributed by atoms with Gasteiger partial charge in [0, 0.05) is 30.4 Å². The zero-order valence-corrected chi connectivity index (χ0v) is 15.9. The van der Waals surface area contributed by atoms with Crippen LogP contribution in [0.15, 0.2) is 60.7 Å². The number of carbonyl (C=O) groups is 1. The van der Waals surface area contributed by atoms with E-state index in [2.05, 4.69) is 39.2 Å². The van der Waals surface area contributed by atoms with Gasteiger partial charge in [-0.05, 0) is 50.6 Å². The molecule has 0 aliphatic carbocycles. The van der Waals surface area contributed by atoms with Crippen LogP contribution in [0.5, 0.6) is 0 Å². The lowest BCUT2D eigenvalue weighted by Crippen LogP contribution is -2.23. The maximum absolute atomic E-state index is 11.4. The molecule has 5 nitrogen and oxygen atoms in total. The second-order valence-electron chi connectivity index (χ2n) is 6.42. The number of benzene rings is 2. The van der Waals surface area contributed by atoms with E-state index in [1.165, 1.54) is 5.56 Å². The normalized spacial score (nSPS) is 10.5. The molecule has 0 spiro atoms. The maximum atomic E-state index is 11.4. The number of hydrogen-bond donors (Lipinski definition) is 1. The Balaban J connectivity index is 1.81. The lowest BCUT2D eigenvalue weighted by Gasteiger charge is -2.23. The van der Waals surface area contributed by atoms with Gasteiger partial charge in [0.1, 0.15) is 17.5 Å². The minimum atomic E-state index is 0.0567. The lowest BCUT2D eigenvalue weighted by atomic mass is 10.1. The Bertz CT molecular complexity index is 907. The fraction of sp³-hybridized carbons (Fsp3) is 0.227. The molecule has 0 saturated carbocycles. The molecule has 0 bridgehead atoms. The predicted molar refractivity (Wildman–Crippen MR) is 110 cm³/mol.